The molecule has 0 saturated carbocycles. The summed E-state index contributed by atoms with van der Waals surface area (Å²) in [5.41, 5.74) is 3.08. The maximum Gasteiger partial charge on any atom is 0.265 e. The molecule has 1 aliphatic heterocycles. The maximum absolute atomic E-state index is 12.3. The molecule has 3 N–H and O–H groups in total. The molecule has 4 rings (SSSR count). The van der Waals surface area contributed by atoms with E-state index in [0.29, 0.717) is 17.1 Å². The van der Waals surface area contributed by atoms with Crippen molar-refractivity contribution in [2.75, 3.05) is 16.4 Å². The van der Waals surface area contributed by atoms with Crippen LogP contribution in [0.25, 0.3) is 11.0 Å². The van der Waals surface area contributed by atoms with Crippen molar-refractivity contribution in [1.82, 2.24) is 9.97 Å². The number of nitrogens with one attached hydrogen (secondary N) is 3. The van der Waals surface area contributed by atoms with Crippen LogP contribution in [-0.2, 0) is 9.59 Å². The molecule has 0 spiro atoms. The molecule has 8 heteroatoms. The topological polar surface area (TPSA) is 96.1 Å². The Morgan fingerprint density at radius 2 is 2.14 bits per heavy atom. The number of carbonyl (C=O) groups excluding carboxylic acids is 2. The Morgan fingerprint density at radius 1 is 1.32 bits per heavy atom. The molecule has 7 nitrogen and oxygen atoms in total. The summed E-state index contributed by atoms with van der Waals surface area (Å²) in [6.07, 6.45) is -0.524. The third-order valence-electron chi connectivity index (χ3n) is 4.45. The summed E-state index contributed by atoms with van der Waals surface area (Å²) in [6, 6.07) is 13.0. The van der Waals surface area contributed by atoms with E-state index in [2.05, 4.69) is 20.6 Å². The summed E-state index contributed by atoms with van der Waals surface area (Å²) < 4.78 is 5.52. The van der Waals surface area contributed by atoms with Crippen molar-refractivity contribution in [3.8, 4) is 5.75 Å². The molecule has 0 radical (unpaired) electrons. The number of aromatic amines is 1. The molecular weight excluding hydrogens is 376 g/mol. The fraction of sp³-hybridized carbons (Fsp3) is 0.250. The van der Waals surface area contributed by atoms with E-state index in [9.17, 15) is 9.59 Å². The van der Waals surface area contributed by atoms with E-state index in [1.807, 2.05) is 31.2 Å². The highest BCUT2D eigenvalue weighted by Crippen LogP contribution is 2.32. The molecule has 3 aromatic rings. The second-order valence-corrected chi connectivity index (χ2v) is 7.93. The number of H-pyrrole nitrogens is 1. The van der Waals surface area contributed by atoms with Crippen LogP contribution < -0.4 is 15.4 Å². The van der Waals surface area contributed by atoms with E-state index in [0.717, 1.165) is 16.9 Å². The second-order valence-electron chi connectivity index (χ2n) is 6.60. The van der Waals surface area contributed by atoms with Crippen LogP contribution in [0.3, 0.4) is 0 Å². The van der Waals surface area contributed by atoms with Gasteiger partial charge in [0.15, 0.2) is 6.10 Å². The monoisotopic (exact) mass is 396 g/mol. The molecular formula is C20H20N4O3S. The van der Waals surface area contributed by atoms with E-state index < -0.39 is 6.10 Å². The van der Waals surface area contributed by atoms with Gasteiger partial charge in [-0.2, -0.15) is 0 Å². The van der Waals surface area contributed by atoms with Crippen molar-refractivity contribution in [3.05, 3.63) is 48.3 Å². The van der Waals surface area contributed by atoms with Gasteiger partial charge in [-0.15, -0.1) is 11.8 Å². The Bertz CT molecular complexity index is 1020. The van der Waals surface area contributed by atoms with Crippen molar-refractivity contribution < 1.29 is 14.3 Å². The first kappa shape index (κ1) is 18.4. The van der Waals surface area contributed by atoms with E-state index in [-0.39, 0.29) is 22.8 Å². The third kappa shape index (κ3) is 3.82. The molecule has 2 aromatic carbocycles. The smallest absolute Gasteiger partial charge is 0.265 e. The maximum atomic E-state index is 12.3. The lowest BCUT2D eigenvalue weighted by atomic mass is 10.2. The predicted molar refractivity (Wildman–Crippen MR) is 111 cm³/mol. The summed E-state index contributed by atoms with van der Waals surface area (Å²) >= 11 is 1.50. The normalized spacial score (nSPS) is 16.8. The number of fused-ring (bicyclic) bond motifs is 2. The molecule has 2 atom stereocenters. The number of benzene rings is 2. The zero-order valence-electron chi connectivity index (χ0n) is 15.5. The number of thioether (sulfide) groups is 1. The van der Waals surface area contributed by atoms with Gasteiger partial charge in [0.25, 0.3) is 5.91 Å². The molecule has 1 aromatic heterocycles. The molecule has 0 fully saturated rings. The lowest BCUT2D eigenvalue weighted by Gasteiger charge is -2.23. The van der Waals surface area contributed by atoms with Crippen molar-refractivity contribution in [3.63, 3.8) is 0 Å². The standard InChI is InChI=1S/C20H20N4O3S/c1-11-20(26)24-16-9-13(7-8-17(16)27-11)21-18(25)10-28-12(2)19-22-14-5-3-4-6-15(14)23-19/h3-9,11-12H,10H2,1-2H3,(H,21,25)(H,22,23)(H,24,26)/t11-,12-/m1/s1. The molecule has 0 saturated heterocycles. The fourth-order valence-corrected chi connectivity index (χ4v) is 3.67. The van der Waals surface area contributed by atoms with Gasteiger partial charge in [-0.1, -0.05) is 12.1 Å². The quantitative estimate of drug-likeness (QED) is 0.611. The lowest BCUT2D eigenvalue weighted by Crippen LogP contribution is -2.34. The Hall–Kier alpha value is -3.00. The number of amides is 2. The second kappa shape index (κ2) is 7.55. The van der Waals surface area contributed by atoms with Crippen LogP contribution in [0.4, 0.5) is 11.4 Å². The Kier molecular flexibility index (Phi) is 4.95. The third-order valence-corrected chi connectivity index (χ3v) is 5.60. The minimum Gasteiger partial charge on any atom is -0.479 e. The van der Waals surface area contributed by atoms with Crippen LogP contribution in [0, 0.1) is 0 Å². The van der Waals surface area contributed by atoms with E-state index in [4.69, 9.17) is 4.74 Å². The number of nitrogens with zero attached hydrogens (tertiary/aromatic N) is 1. The average Bonchev–Trinajstić information content (AvgIpc) is 3.11. The van der Waals surface area contributed by atoms with Crippen molar-refractivity contribution in [2.24, 2.45) is 0 Å². The SMILES string of the molecule is C[C@H]1Oc2ccc(NC(=O)CS[C@H](C)c3nc4ccccc4[nH]3)cc2NC1=O. The van der Waals surface area contributed by atoms with Gasteiger partial charge in [-0.25, -0.2) is 4.98 Å². The van der Waals surface area contributed by atoms with Crippen molar-refractivity contribution >= 4 is 46.0 Å². The Labute approximate surface area is 166 Å². The predicted octanol–water partition coefficient (Wildman–Crippen LogP) is 3.72. The average molecular weight is 396 g/mol. The first-order valence-corrected chi connectivity index (χ1v) is 10.0. The molecule has 2 amide bonds. The minimum absolute atomic E-state index is 0.0517. The van der Waals surface area contributed by atoms with Crippen LogP contribution in [0.15, 0.2) is 42.5 Å². The van der Waals surface area contributed by atoms with Crippen LogP contribution in [0.5, 0.6) is 5.75 Å². The first-order chi connectivity index (χ1) is 13.5. The summed E-state index contributed by atoms with van der Waals surface area (Å²) in [7, 11) is 0. The number of rotatable bonds is 5. The number of carbonyl (C=O) groups is 2. The molecule has 0 bridgehead atoms. The largest absolute Gasteiger partial charge is 0.479 e. The zero-order valence-corrected chi connectivity index (χ0v) is 16.3. The van der Waals surface area contributed by atoms with Gasteiger partial charge in [0.1, 0.15) is 11.6 Å². The summed E-state index contributed by atoms with van der Waals surface area (Å²) in [4.78, 5) is 31.9. The molecule has 0 aliphatic carbocycles. The van der Waals surface area contributed by atoms with Gasteiger partial charge in [-0.3, -0.25) is 9.59 Å². The van der Waals surface area contributed by atoms with Crippen LogP contribution in [-0.4, -0.2) is 33.6 Å². The van der Waals surface area contributed by atoms with Gasteiger partial charge in [0.05, 0.1) is 27.7 Å². The summed E-state index contributed by atoms with van der Waals surface area (Å²) in [6.45, 7) is 3.71. The summed E-state index contributed by atoms with van der Waals surface area (Å²) in [5.74, 6) is 1.41. The molecule has 28 heavy (non-hydrogen) atoms. The number of hydrogen-bond acceptors (Lipinski definition) is 5. The first-order valence-electron chi connectivity index (χ1n) is 8.97. The number of para-hydroxylation sites is 2. The zero-order chi connectivity index (χ0) is 19.7. The van der Waals surface area contributed by atoms with Gasteiger partial charge in [0, 0.05) is 5.69 Å². The van der Waals surface area contributed by atoms with Crippen molar-refractivity contribution in [1.29, 1.82) is 0 Å². The molecule has 0 unspecified atom stereocenters. The minimum atomic E-state index is -0.524. The highest BCUT2D eigenvalue weighted by atomic mass is 32.2. The highest BCUT2D eigenvalue weighted by Gasteiger charge is 2.23. The Morgan fingerprint density at radius 3 is 2.96 bits per heavy atom. The van der Waals surface area contributed by atoms with Crippen LogP contribution >= 0.6 is 11.8 Å². The van der Waals surface area contributed by atoms with Crippen molar-refractivity contribution in [2.45, 2.75) is 25.2 Å². The van der Waals surface area contributed by atoms with Gasteiger partial charge < -0.3 is 20.4 Å². The fourth-order valence-electron chi connectivity index (χ4n) is 2.93. The van der Waals surface area contributed by atoms with Gasteiger partial charge >= 0.3 is 0 Å². The van der Waals surface area contributed by atoms with E-state index in [1.54, 1.807) is 25.1 Å². The van der Waals surface area contributed by atoms with Gasteiger partial charge in [0.2, 0.25) is 5.91 Å². The number of aromatic nitrogens is 2. The Balaban J connectivity index is 1.35. The molecule has 144 valence electrons. The lowest BCUT2D eigenvalue weighted by molar-refractivity contribution is -0.122. The molecule has 1 aliphatic rings. The molecule has 2 heterocycles. The number of imidazole rings is 1. The van der Waals surface area contributed by atoms with E-state index in [1.165, 1.54) is 11.8 Å². The number of hydrogen-bond donors (Lipinski definition) is 3. The van der Waals surface area contributed by atoms with Gasteiger partial charge in [-0.05, 0) is 44.2 Å². The number of ether oxygens (including phenoxy) is 1. The highest BCUT2D eigenvalue weighted by molar-refractivity contribution is 8.00. The number of anilines is 2. The summed E-state index contributed by atoms with van der Waals surface area (Å²) in [5, 5.41) is 5.68. The van der Waals surface area contributed by atoms with E-state index >= 15 is 0 Å². The van der Waals surface area contributed by atoms with Crippen LogP contribution in [0.2, 0.25) is 0 Å². The van der Waals surface area contributed by atoms with Crippen LogP contribution in [0.1, 0.15) is 24.9 Å².